The number of pyridine rings is 2. The number of benzene rings is 1. The van der Waals surface area contributed by atoms with Gasteiger partial charge in [0.05, 0.1) is 25.4 Å². The Balaban J connectivity index is 1.38. The molecule has 11 heteroatoms. The first-order chi connectivity index (χ1) is 23.9. The molecule has 0 aliphatic carbocycles. The van der Waals surface area contributed by atoms with Crippen LogP contribution in [-0.2, 0) is 17.7 Å². The van der Waals surface area contributed by atoms with E-state index in [2.05, 4.69) is 41.6 Å². The molecular formula is C39H47FN6O4. The first-order valence-electron chi connectivity index (χ1n) is 17.5. The second-order valence-electron chi connectivity index (χ2n) is 13.9. The molecule has 0 unspecified atom stereocenters. The van der Waals surface area contributed by atoms with Crippen molar-refractivity contribution in [2.24, 2.45) is 0 Å². The molecule has 1 saturated heterocycles. The lowest BCUT2D eigenvalue weighted by molar-refractivity contribution is 0.0272. The Hall–Kier alpha value is -4.93. The average molecular weight is 683 g/mol. The fourth-order valence-electron chi connectivity index (χ4n) is 6.98. The molecule has 2 aliphatic heterocycles. The van der Waals surface area contributed by atoms with Crippen LogP contribution in [0.15, 0.2) is 48.7 Å². The molecule has 1 fully saturated rings. The lowest BCUT2D eigenvalue weighted by Gasteiger charge is -2.36. The topological polar surface area (TPSA) is 93.0 Å². The number of aryl methyl sites for hydroxylation is 3. The van der Waals surface area contributed by atoms with Crippen molar-refractivity contribution in [3.05, 3.63) is 77.1 Å². The highest BCUT2D eigenvalue weighted by Crippen LogP contribution is 2.38. The van der Waals surface area contributed by atoms with Gasteiger partial charge in [-0.1, -0.05) is 19.1 Å². The van der Waals surface area contributed by atoms with Crippen LogP contribution in [-0.4, -0.2) is 88.3 Å². The van der Waals surface area contributed by atoms with E-state index in [1.54, 1.807) is 4.90 Å². The van der Waals surface area contributed by atoms with E-state index in [1.165, 1.54) is 19.4 Å². The number of nitrogens with zero attached hydrogens (tertiary/aromatic N) is 6. The van der Waals surface area contributed by atoms with Gasteiger partial charge in [0.2, 0.25) is 0 Å². The van der Waals surface area contributed by atoms with E-state index in [4.69, 9.17) is 14.5 Å². The zero-order valence-corrected chi connectivity index (χ0v) is 30.2. The quantitative estimate of drug-likeness (QED) is 0.205. The van der Waals surface area contributed by atoms with Crippen LogP contribution in [0.2, 0.25) is 0 Å². The number of amides is 2. The van der Waals surface area contributed by atoms with Gasteiger partial charge in [-0.05, 0) is 77.3 Å². The smallest absolute Gasteiger partial charge is 0.410 e. The number of ether oxygens (including phenoxy) is 2. The number of anilines is 1. The summed E-state index contributed by atoms with van der Waals surface area (Å²) >= 11 is 0. The van der Waals surface area contributed by atoms with Crippen molar-refractivity contribution < 1.29 is 23.5 Å². The third-order valence-corrected chi connectivity index (χ3v) is 9.31. The van der Waals surface area contributed by atoms with E-state index in [0.717, 1.165) is 57.5 Å². The minimum absolute atomic E-state index is 0.0521. The van der Waals surface area contributed by atoms with Gasteiger partial charge in [0.1, 0.15) is 11.4 Å². The van der Waals surface area contributed by atoms with E-state index in [1.807, 2.05) is 55.7 Å². The summed E-state index contributed by atoms with van der Waals surface area (Å²) in [5.74, 6) is 0.431. The van der Waals surface area contributed by atoms with E-state index < -0.39 is 11.4 Å². The summed E-state index contributed by atoms with van der Waals surface area (Å²) in [6.45, 7) is 15.6. The van der Waals surface area contributed by atoms with Crippen LogP contribution in [0.1, 0.15) is 68.5 Å². The molecule has 2 aliphatic rings. The molecule has 0 atom stereocenters. The molecule has 0 bridgehead atoms. The predicted molar refractivity (Wildman–Crippen MR) is 194 cm³/mol. The van der Waals surface area contributed by atoms with Crippen molar-refractivity contribution in [3.8, 4) is 16.9 Å². The van der Waals surface area contributed by atoms with Crippen LogP contribution in [0.5, 0.6) is 5.75 Å². The molecule has 5 heterocycles. The summed E-state index contributed by atoms with van der Waals surface area (Å²) in [6.07, 6.45) is 4.55. The highest BCUT2D eigenvalue weighted by Gasteiger charge is 2.29. The van der Waals surface area contributed by atoms with Crippen LogP contribution in [0.25, 0.3) is 27.6 Å². The van der Waals surface area contributed by atoms with Gasteiger partial charge in [0.15, 0.2) is 11.6 Å². The summed E-state index contributed by atoms with van der Waals surface area (Å²) in [7, 11) is 1.50. The molecule has 0 saturated carbocycles. The third-order valence-electron chi connectivity index (χ3n) is 9.31. The highest BCUT2D eigenvalue weighted by atomic mass is 19.1. The van der Waals surface area contributed by atoms with Gasteiger partial charge >= 0.3 is 6.09 Å². The summed E-state index contributed by atoms with van der Waals surface area (Å²) in [5.41, 5.74) is 7.02. The van der Waals surface area contributed by atoms with E-state index in [0.29, 0.717) is 62.9 Å². The number of carbonyl (C=O) groups excluding carboxylic acids is 2. The molecular weight excluding hydrogens is 635 g/mol. The maximum absolute atomic E-state index is 14.3. The zero-order valence-electron chi connectivity index (χ0n) is 30.2. The summed E-state index contributed by atoms with van der Waals surface area (Å²) in [4.78, 5) is 42.1. The maximum Gasteiger partial charge on any atom is 0.410 e. The fraction of sp³-hybridized carbons (Fsp3) is 0.436. The minimum Gasteiger partial charge on any atom is -0.493 e. The predicted octanol–water partition coefficient (Wildman–Crippen LogP) is 7.12. The largest absolute Gasteiger partial charge is 0.493 e. The summed E-state index contributed by atoms with van der Waals surface area (Å²) < 4.78 is 27.2. The first-order valence-corrected chi connectivity index (χ1v) is 17.5. The van der Waals surface area contributed by atoms with E-state index in [-0.39, 0.29) is 12.0 Å². The molecule has 1 aromatic carbocycles. The van der Waals surface area contributed by atoms with Gasteiger partial charge in [0.25, 0.3) is 5.91 Å². The van der Waals surface area contributed by atoms with Crippen molar-refractivity contribution in [2.75, 3.05) is 51.3 Å². The summed E-state index contributed by atoms with van der Waals surface area (Å²) in [6, 6.07) is 11.6. The van der Waals surface area contributed by atoms with E-state index >= 15 is 0 Å². The number of hydrogen-bond acceptors (Lipinski definition) is 7. The molecule has 3 aromatic heterocycles. The zero-order chi connectivity index (χ0) is 35.7. The number of piperazine rings is 1. The summed E-state index contributed by atoms with van der Waals surface area (Å²) in [5, 5.41) is 0.958. The average Bonchev–Trinajstić information content (AvgIpc) is 3.49. The molecule has 0 spiro atoms. The molecule has 2 amide bonds. The molecule has 10 nitrogen and oxygen atoms in total. The molecule has 0 N–H and O–H groups in total. The lowest BCUT2D eigenvalue weighted by atomic mass is 9.96. The van der Waals surface area contributed by atoms with Gasteiger partial charge in [-0.2, -0.15) is 0 Å². The number of rotatable bonds is 7. The van der Waals surface area contributed by atoms with Crippen LogP contribution >= 0.6 is 0 Å². The molecule has 0 radical (unpaired) electrons. The number of halogens is 1. The van der Waals surface area contributed by atoms with E-state index in [9.17, 15) is 14.0 Å². The Morgan fingerprint density at radius 2 is 1.72 bits per heavy atom. The van der Waals surface area contributed by atoms with Gasteiger partial charge < -0.3 is 28.7 Å². The van der Waals surface area contributed by atoms with Gasteiger partial charge in [-0.3, -0.25) is 9.78 Å². The van der Waals surface area contributed by atoms with Crippen LogP contribution in [0, 0.1) is 12.7 Å². The molecule has 264 valence electrons. The number of fused-ring (bicyclic) bond motifs is 1. The van der Waals surface area contributed by atoms with Crippen molar-refractivity contribution in [2.45, 2.75) is 66.5 Å². The Kier molecular flexibility index (Phi) is 9.87. The van der Waals surface area contributed by atoms with Gasteiger partial charge in [-0.15, -0.1) is 0 Å². The Morgan fingerprint density at radius 3 is 2.40 bits per heavy atom. The number of carbonyl (C=O) groups is 2. The Morgan fingerprint density at radius 1 is 0.960 bits per heavy atom. The maximum atomic E-state index is 14.3. The van der Waals surface area contributed by atoms with Gasteiger partial charge in [0, 0.05) is 84.5 Å². The normalized spacial score (nSPS) is 15.4. The molecule has 4 aromatic rings. The number of aromatic nitrogens is 3. The Labute approximate surface area is 293 Å². The van der Waals surface area contributed by atoms with Crippen molar-refractivity contribution >= 4 is 34.3 Å². The standard InChI is InChI=1S/C39H47FN6O4/c1-8-32-30(13-12-25(3)42-32)31-20-28(37(47)44-17-15-43(16-18-44)36-34(49-7)22-29(40)23-41-36)19-27-21-33(46(9-2)35(27)31)26-11-10-14-45(24-26)38(48)50-39(4,5)6/h11-13,19-23H,8-10,14-18,24H2,1-7H3. The van der Waals surface area contributed by atoms with Gasteiger partial charge in [-0.25, -0.2) is 14.2 Å². The second kappa shape index (κ2) is 14.1. The minimum atomic E-state index is -0.578. The van der Waals surface area contributed by atoms with Crippen LogP contribution < -0.4 is 9.64 Å². The fourth-order valence-corrected chi connectivity index (χ4v) is 6.98. The van der Waals surface area contributed by atoms with Crippen molar-refractivity contribution in [1.82, 2.24) is 24.3 Å². The highest BCUT2D eigenvalue weighted by molar-refractivity contribution is 6.05. The molecule has 50 heavy (non-hydrogen) atoms. The third kappa shape index (κ3) is 7.04. The number of hydrogen-bond donors (Lipinski definition) is 0. The van der Waals surface area contributed by atoms with Crippen molar-refractivity contribution in [3.63, 3.8) is 0 Å². The van der Waals surface area contributed by atoms with Crippen molar-refractivity contribution in [1.29, 1.82) is 0 Å². The van der Waals surface area contributed by atoms with Crippen LogP contribution in [0.4, 0.5) is 15.0 Å². The first kappa shape index (κ1) is 34.9. The Bertz CT molecular complexity index is 1950. The second-order valence-corrected chi connectivity index (χ2v) is 13.9. The molecule has 6 rings (SSSR count). The van der Waals surface area contributed by atoms with Crippen LogP contribution in [0.3, 0.4) is 0 Å². The number of methoxy groups -OCH3 is 1. The SMILES string of the molecule is CCc1nc(C)ccc1-c1cc(C(=O)N2CCN(c3ncc(F)cc3OC)CC2)cc2cc(C3=CCCN(C(=O)OC(C)(C)C)C3)n(CC)c12. The lowest BCUT2D eigenvalue weighted by Crippen LogP contribution is -2.49. The monoisotopic (exact) mass is 682 g/mol.